The molecule has 0 aliphatic rings. The Morgan fingerprint density at radius 2 is 0.733 bits per heavy atom. The van der Waals surface area contributed by atoms with Crippen LogP contribution in [0.5, 0.6) is 0 Å². The Morgan fingerprint density at radius 3 is 1.10 bits per heavy atom. The van der Waals surface area contributed by atoms with E-state index in [9.17, 15) is 15.0 Å². The lowest BCUT2D eigenvalue weighted by atomic mass is 10.0. The van der Waals surface area contributed by atoms with Crippen molar-refractivity contribution >= 4 is 5.91 Å². The van der Waals surface area contributed by atoms with Gasteiger partial charge in [0.05, 0.1) is 18.8 Å². The van der Waals surface area contributed by atoms with Crippen LogP contribution in [-0.4, -0.2) is 34.9 Å². The first-order valence-corrected chi connectivity index (χ1v) is 26.5. The van der Waals surface area contributed by atoms with Crippen LogP contribution in [0.2, 0.25) is 0 Å². The molecule has 0 saturated heterocycles. The number of nitrogens with one attached hydrogen (secondary N) is 1. The summed E-state index contributed by atoms with van der Waals surface area (Å²) in [5.74, 6) is -0.0371. The fraction of sp³-hybridized carbons (Fsp3) is 0.804. The molecule has 1 amide bonds. The van der Waals surface area contributed by atoms with Crippen LogP contribution < -0.4 is 5.32 Å². The van der Waals surface area contributed by atoms with E-state index in [-0.39, 0.29) is 12.5 Å². The molecule has 4 nitrogen and oxygen atoms in total. The Balaban J connectivity index is 3.51. The molecule has 0 aliphatic carbocycles. The smallest absolute Gasteiger partial charge is 0.220 e. The molecule has 2 unspecified atom stereocenters. The minimum absolute atomic E-state index is 0.0371. The summed E-state index contributed by atoms with van der Waals surface area (Å²) in [6, 6.07) is -0.543. The summed E-state index contributed by atoms with van der Waals surface area (Å²) < 4.78 is 0. The molecule has 4 heteroatoms. The van der Waals surface area contributed by atoms with E-state index in [1.54, 1.807) is 0 Å². The van der Waals surface area contributed by atoms with Gasteiger partial charge < -0.3 is 15.5 Å². The first-order chi connectivity index (χ1) is 29.7. The van der Waals surface area contributed by atoms with Crippen molar-refractivity contribution in [3.63, 3.8) is 0 Å². The van der Waals surface area contributed by atoms with Crippen LogP contribution in [0.3, 0.4) is 0 Å². The van der Waals surface area contributed by atoms with E-state index in [1.165, 1.54) is 186 Å². The Bertz CT molecular complexity index is 996. The standard InChI is InChI=1S/C56H103NO3/c1-3-5-7-9-11-13-15-17-19-21-23-25-27-28-30-32-34-36-38-40-42-44-46-48-50-52-56(60)57-54(53-58)55(59)51-49-47-45-43-41-39-37-35-33-31-29-26-24-22-20-18-16-14-12-10-8-6-4-2/h5,7,11,13,17,19,23,25,28,30,54-55,58-59H,3-4,6,8-10,12,14-16,18,20-22,24,26-27,29,31-53H2,1-2H3,(H,57,60)/b7-5-,13-11-,19-17-,25-23-,30-28-. The van der Waals surface area contributed by atoms with E-state index in [1.807, 2.05) is 0 Å². The molecule has 0 aromatic carbocycles. The van der Waals surface area contributed by atoms with Crippen molar-refractivity contribution < 1.29 is 15.0 Å². The zero-order valence-corrected chi connectivity index (χ0v) is 40.2. The van der Waals surface area contributed by atoms with E-state index in [0.29, 0.717) is 12.8 Å². The maximum absolute atomic E-state index is 12.5. The first kappa shape index (κ1) is 58.1. The van der Waals surface area contributed by atoms with Gasteiger partial charge in [-0.05, 0) is 57.8 Å². The second kappa shape index (κ2) is 51.4. The highest BCUT2D eigenvalue weighted by atomic mass is 16.3. The summed E-state index contributed by atoms with van der Waals surface area (Å²) in [7, 11) is 0. The van der Waals surface area contributed by atoms with E-state index < -0.39 is 12.1 Å². The number of hydrogen-bond donors (Lipinski definition) is 3. The normalized spacial score (nSPS) is 13.3. The third-order valence-corrected chi connectivity index (χ3v) is 12.0. The van der Waals surface area contributed by atoms with Crippen LogP contribution in [0, 0.1) is 0 Å². The lowest BCUT2D eigenvalue weighted by molar-refractivity contribution is -0.123. The van der Waals surface area contributed by atoms with Crippen LogP contribution in [0.15, 0.2) is 60.8 Å². The van der Waals surface area contributed by atoms with Crippen molar-refractivity contribution in [3.05, 3.63) is 60.8 Å². The molecule has 0 aromatic rings. The van der Waals surface area contributed by atoms with Gasteiger partial charge in [0, 0.05) is 6.42 Å². The van der Waals surface area contributed by atoms with Crippen LogP contribution >= 0.6 is 0 Å². The van der Waals surface area contributed by atoms with Crippen LogP contribution in [-0.2, 0) is 4.79 Å². The molecular weight excluding hydrogens is 735 g/mol. The third kappa shape index (κ3) is 47.1. The van der Waals surface area contributed by atoms with E-state index >= 15 is 0 Å². The number of unbranched alkanes of at least 4 members (excludes halogenated alkanes) is 31. The first-order valence-electron chi connectivity index (χ1n) is 26.5. The maximum atomic E-state index is 12.5. The van der Waals surface area contributed by atoms with Gasteiger partial charge in [-0.3, -0.25) is 4.79 Å². The maximum Gasteiger partial charge on any atom is 0.220 e. The number of rotatable bonds is 48. The number of amides is 1. The lowest BCUT2D eigenvalue weighted by Gasteiger charge is -2.22. The molecule has 0 fully saturated rings. The van der Waals surface area contributed by atoms with Gasteiger partial charge in [-0.2, -0.15) is 0 Å². The fourth-order valence-corrected chi connectivity index (χ4v) is 8.04. The van der Waals surface area contributed by atoms with Crippen LogP contribution in [0.4, 0.5) is 0 Å². The molecule has 0 radical (unpaired) electrons. The quantitative estimate of drug-likeness (QED) is 0.0422. The SMILES string of the molecule is CC/C=C\C/C=C\C/C=C\C/C=C\C/C=C\CCCCCCCCCCCC(=O)NC(CO)C(O)CCCCCCCCCCCCCCCCCCCCCCCCC. The molecule has 0 saturated carbocycles. The van der Waals surface area contributed by atoms with E-state index in [0.717, 1.165) is 57.8 Å². The summed E-state index contributed by atoms with van der Waals surface area (Å²) in [6.45, 7) is 4.26. The fourth-order valence-electron chi connectivity index (χ4n) is 8.04. The summed E-state index contributed by atoms with van der Waals surface area (Å²) >= 11 is 0. The van der Waals surface area contributed by atoms with E-state index in [4.69, 9.17) is 0 Å². The average Bonchev–Trinajstić information content (AvgIpc) is 3.25. The molecule has 3 N–H and O–H groups in total. The van der Waals surface area contributed by atoms with Gasteiger partial charge in [-0.1, -0.05) is 267 Å². The Kier molecular flexibility index (Phi) is 49.8. The second-order valence-electron chi connectivity index (χ2n) is 17.9. The predicted molar refractivity (Wildman–Crippen MR) is 267 cm³/mol. The van der Waals surface area contributed by atoms with Gasteiger partial charge in [0.15, 0.2) is 0 Å². The molecule has 350 valence electrons. The highest BCUT2D eigenvalue weighted by molar-refractivity contribution is 5.76. The van der Waals surface area contributed by atoms with Crippen molar-refractivity contribution in [3.8, 4) is 0 Å². The molecule has 0 bridgehead atoms. The zero-order chi connectivity index (χ0) is 43.5. The monoisotopic (exact) mass is 838 g/mol. The van der Waals surface area contributed by atoms with Crippen molar-refractivity contribution in [2.24, 2.45) is 0 Å². The Morgan fingerprint density at radius 1 is 0.417 bits per heavy atom. The molecule has 2 atom stereocenters. The largest absolute Gasteiger partial charge is 0.394 e. The van der Waals surface area contributed by atoms with Gasteiger partial charge in [0.1, 0.15) is 0 Å². The van der Waals surface area contributed by atoms with Crippen LogP contribution in [0.1, 0.15) is 271 Å². The number of hydrogen-bond acceptors (Lipinski definition) is 3. The predicted octanol–water partition coefficient (Wildman–Crippen LogP) is 17.2. The number of carbonyl (C=O) groups excluding carboxylic acids is 1. The average molecular weight is 838 g/mol. The molecule has 0 aliphatic heterocycles. The van der Waals surface area contributed by atoms with Gasteiger partial charge >= 0.3 is 0 Å². The third-order valence-electron chi connectivity index (χ3n) is 12.0. The highest BCUT2D eigenvalue weighted by Crippen LogP contribution is 2.17. The van der Waals surface area contributed by atoms with Crippen molar-refractivity contribution in [1.82, 2.24) is 5.32 Å². The topological polar surface area (TPSA) is 69.6 Å². The van der Waals surface area contributed by atoms with Gasteiger partial charge in [-0.25, -0.2) is 0 Å². The number of allylic oxidation sites excluding steroid dienone is 10. The molecular formula is C56H103NO3. The number of carbonyl (C=O) groups is 1. The molecule has 0 aromatic heterocycles. The summed E-state index contributed by atoms with van der Waals surface area (Å²) in [5, 5.41) is 23.3. The lowest BCUT2D eigenvalue weighted by Crippen LogP contribution is -2.45. The molecule has 0 spiro atoms. The molecule has 0 heterocycles. The minimum atomic E-state index is -0.666. The minimum Gasteiger partial charge on any atom is -0.394 e. The highest BCUT2D eigenvalue weighted by Gasteiger charge is 2.20. The van der Waals surface area contributed by atoms with Gasteiger partial charge in [0.25, 0.3) is 0 Å². The summed E-state index contributed by atoms with van der Waals surface area (Å²) in [6.07, 6.45) is 71.9. The number of aliphatic hydroxyl groups excluding tert-OH is 2. The van der Waals surface area contributed by atoms with Crippen LogP contribution in [0.25, 0.3) is 0 Å². The number of aliphatic hydroxyl groups is 2. The zero-order valence-electron chi connectivity index (χ0n) is 40.2. The van der Waals surface area contributed by atoms with Gasteiger partial charge in [0.2, 0.25) is 5.91 Å². The Labute approximate surface area is 375 Å². The molecule has 60 heavy (non-hydrogen) atoms. The van der Waals surface area contributed by atoms with Crippen molar-refractivity contribution in [2.45, 2.75) is 283 Å². The summed E-state index contributed by atoms with van der Waals surface area (Å²) in [5.41, 5.74) is 0. The second-order valence-corrected chi connectivity index (χ2v) is 17.9. The van der Waals surface area contributed by atoms with Crippen molar-refractivity contribution in [2.75, 3.05) is 6.61 Å². The van der Waals surface area contributed by atoms with Gasteiger partial charge in [-0.15, -0.1) is 0 Å². The molecule has 0 rings (SSSR count). The summed E-state index contributed by atoms with van der Waals surface area (Å²) in [4.78, 5) is 12.5. The Hall–Kier alpha value is -1.91. The van der Waals surface area contributed by atoms with Crippen molar-refractivity contribution in [1.29, 1.82) is 0 Å². The van der Waals surface area contributed by atoms with E-state index in [2.05, 4.69) is 79.9 Å².